The van der Waals surface area contributed by atoms with Crippen LogP contribution in [0.3, 0.4) is 0 Å². The predicted molar refractivity (Wildman–Crippen MR) is 203 cm³/mol. The molecule has 12 nitrogen and oxygen atoms in total. The van der Waals surface area contributed by atoms with Crippen LogP contribution < -0.4 is 35.7 Å². The van der Waals surface area contributed by atoms with Crippen LogP contribution in [0.25, 0.3) is 11.8 Å². The van der Waals surface area contributed by atoms with Crippen LogP contribution in [0.2, 0.25) is 0 Å². The van der Waals surface area contributed by atoms with Crippen LogP contribution in [0.15, 0.2) is 112 Å². The molecule has 0 radical (unpaired) electrons. The Morgan fingerprint density at radius 2 is 1.44 bits per heavy atom. The molecule has 3 N–H and O–H groups in total. The van der Waals surface area contributed by atoms with Crippen molar-refractivity contribution in [2.45, 2.75) is 24.0 Å². The molecule has 3 amide bonds. The molecule has 0 bridgehead atoms. The second-order valence-corrected chi connectivity index (χ2v) is 12.9. The highest BCUT2D eigenvalue weighted by atomic mass is 32.2. The number of carbonyl (C=O) groups excluding carboxylic acids is 3. The molecule has 0 saturated heterocycles. The topological polar surface area (TPSA) is 142 Å². The van der Waals surface area contributed by atoms with Crippen LogP contribution in [-0.4, -0.2) is 53.7 Å². The lowest BCUT2D eigenvalue weighted by molar-refractivity contribution is -0.115. The minimum absolute atomic E-state index is 0.0479. The summed E-state index contributed by atoms with van der Waals surface area (Å²) in [6.45, 7) is 3.50. The van der Waals surface area contributed by atoms with Gasteiger partial charge in [-0.2, -0.15) is 0 Å². The molecule has 268 valence electrons. The van der Waals surface area contributed by atoms with Crippen LogP contribution in [-0.2, 0) is 16.6 Å². The molecule has 0 spiro atoms. The first kappa shape index (κ1) is 37.1. The Labute approximate surface area is 305 Å². The number of thioether (sulfide) groups is 1. The lowest BCUT2D eigenvalue weighted by Crippen LogP contribution is -2.30. The van der Waals surface area contributed by atoms with Gasteiger partial charge in [0.1, 0.15) is 11.4 Å². The number of amides is 3. The van der Waals surface area contributed by atoms with Gasteiger partial charge >= 0.3 is 0 Å². The first-order valence-electron chi connectivity index (χ1n) is 16.2. The fourth-order valence-electron chi connectivity index (χ4n) is 5.33. The number of nitrogens with one attached hydrogen (secondary N) is 3. The van der Waals surface area contributed by atoms with Crippen molar-refractivity contribution in [2.75, 3.05) is 32.0 Å². The van der Waals surface area contributed by atoms with Crippen LogP contribution in [0.4, 0.5) is 11.4 Å². The van der Waals surface area contributed by atoms with E-state index in [1.54, 1.807) is 86.2 Å². The SMILES string of the molecule is COc1cc(/C=C(/NC(=O)c2ccccc2)C(=O)Nc2cccc(SC(C)C(=O)Nc3c(C)n(C)n(-c4ccccc4)c3=O)c2)cc(OC)c1OC. The molecule has 0 fully saturated rings. The molecule has 5 aromatic rings. The molecule has 1 unspecified atom stereocenters. The maximum atomic E-state index is 13.8. The van der Waals surface area contributed by atoms with Gasteiger partial charge in [0.05, 0.1) is 38.0 Å². The van der Waals surface area contributed by atoms with E-state index in [2.05, 4.69) is 16.0 Å². The molecule has 0 aliphatic rings. The zero-order valence-electron chi connectivity index (χ0n) is 29.6. The minimum Gasteiger partial charge on any atom is -0.493 e. The lowest BCUT2D eigenvalue weighted by atomic mass is 10.1. The normalized spacial score (nSPS) is 11.7. The first-order chi connectivity index (χ1) is 25.0. The van der Waals surface area contributed by atoms with Gasteiger partial charge in [0, 0.05) is 23.2 Å². The Kier molecular flexibility index (Phi) is 11.9. The Balaban J connectivity index is 1.35. The Hall–Kier alpha value is -6.21. The van der Waals surface area contributed by atoms with Gasteiger partial charge in [0.15, 0.2) is 11.5 Å². The fraction of sp³-hybridized carbons (Fsp3) is 0.179. The number of nitrogens with zero attached hydrogens (tertiary/aromatic N) is 2. The summed E-state index contributed by atoms with van der Waals surface area (Å²) in [6.07, 6.45) is 1.50. The highest BCUT2D eigenvalue weighted by Crippen LogP contribution is 2.38. The summed E-state index contributed by atoms with van der Waals surface area (Å²) in [5.74, 6) is -0.321. The van der Waals surface area contributed by atoms with Crippen molar-refractivity contribution in [1.82, 2.24) is 14.7 Å². The summed E-state index contributed by atoms with van der Waals surface area (Å²) in [7, 11) is 6.21. The van der Waals surface area contributed by atoms with Gasteiger partial charge in [-0.05, 0) is 80.1 Å². The van der Waals surface area contributed by atoms with E-state index >= 15 is 0 Å². The maximum absolute atomic E-state index is 13.8. The number of ether oxygens (including phenoxy) is 3. The smallest absolute Gasteiger partial charge is 0.295 e. The third-order valence-electron chi connectivity index (χ3n) is 8.10. The summed E-state index contributed by atoms with van der Waals surface area (Å²) < 4.78 is 19.6. The van der Waals surface area contributed by atoms with Crippen molar-refractivity contribution < 1.29 is 28.6 Å². The average Bonchev–Trinajstić information content (AvgIpc) is 3.37. The van der Waals surface area contributed by atoms with Gasteiger partial charge in [-0.1, -0.05) is 42.5 Å². The average molecular weight is 722 g/mol. The number of benzene rings is 4. The summed E-state index contributed by atoms with van der Waals surface area (Å²) in [4.78, 5) is 54.3. The molecule has 52 heavy (non-hydrogen) atoms. The Morgan fingerprint density at radius 3 is 2.06 bits per heavy atom. The van der Waals surface area contributed by atoms with Crippen LogP contribution >= 0.6 is 11.8 Å². The van der Waals surface area contributed by atoms with E-state index in [-0.39, 0.29) is 22.9 Å². The zero-order chi connectivity index (χ0) is 37.4. The zero-order valence-corrected chi connectivity index (χ0v) is 30.4. The standard InChI is InChI=1S/C39H39N5O7S/c1-24-34(39(48)44(43(24)3)29-17-11-8-12-18-29)42-36(45)25(2)52-30-19-13-16-28(23-30)40-38(47)31(41-37(46)27-14-9-7-10-15-27)20-26-21-32(49-4)35(51-6)33(22-26)50-5/h7-23,25H,1-6H3,(H,40,47)(H,41,46)(H,42,45)/b31-20+. The third-order valence-corrected chi connectivity index (χ3v) is 9.20. The van der Waals surface area contributed by atoms with Crippen molar-refractivity contribution in [3.8, 4) is 22.9 Å². The molecule has 5 rings (SSSR count). The van der Waals surface area contributed by atoms with Gasteiger partial charge in [0.2, 0.25) is 11.7 Å². The van der Waals surface area contributed by atoms with Gasteiger partial charge in [-0.25, -0.2) is 4.68 Å². The van der Waals surface area contributed by atoms with Crippen molar-refractivity contribution in [1.29, 1.82) is 0 Å². The molecule has 1 heterocycles. The van der Waals surface area contributed by atoms with E-state index in [9.17, 15) is 19.2 Å². The predicted octanol–water partition coefficient (Wildman–Crippen LogP) is 6.04. The van der Waals surface area contributed by atoms with E-state index in [0.717, 1.165) is 0 Å². The lowest BCUT2D eigenvalue weighted by Gasteiger charge is -2.15. The van der Waals surface area contributed by atoms with E-state index in [1.165, 1.54) is 43.8 Å². The van der Waals surface area contributed by atoms with Crippen LogP contribution in [0.1, 0.15) is 28.5 Å². The van der Waals surface area contributed by atoms with E-state index in [4.69, 9.17) is 14.2 Å². The van der Waals surface area contributed by atoms with Crippen molar-refractivity contribution in [3.05, 3.63) is 130 Å². The highest BCUT2D eigenvalue weighted by molar-refractivity contribution is 8.00. The maximum Gasteiger partial charge on any atom is 0.295 e. The summed E-state index contributed by atoms with van der Waals surface area (Å²) in [5, 5.41) is 7.79. The fourth-order valence-corrected chi connectivity index (χ4v) is 6.26. The molecule has 0 aliphatic heterocycles. The third kappa shape index (κ3) is 8.38. The van der Waals surface area contributed by atoms with Gasteiger partial charge < -0.3 is 30.2 Å². The molecule has 1 aromatic heterocycles. The molecular formula is C39H39N5O7S. The van der Waals surface area contributed by atoms with Crippen molar-refractivity contribution in [2.24, 2.45) is 7.05 Å². The van der Waals surface area contributed by atoms with Crippen LogP contribution in [0, 0.1) is 6.92 Å². The number of para-hydroxylation sites is 1. The van der Waals surface area contributed by atoms with E-state index in [1.807, 2.05) is 36.4 Å². The molecule has 0 saturated carbocycles. The largest absolute Gasteiger partial charge is 0.493 e. The summed E-state index contributed by atoms with van der Waals surface area (Å²) in [5.41, 5.74) is 2.40. The number of aromatic nitrogens is 2. The van der Waals surface area contributed by atoms with Gasteiger partial charge in [-0.15, -0.1) is 11.8 Å². The van der Waals surface area contributed by atoms with Crippen molar-refractivity contribution in [3.63, 3.8) is 0 Å². The Morgan fingerprint density at radius 1 is 0.808 bits per heavy atom. The number of hydrogen-bond acceptors (Lipinski definition) is 8. The second-order valence-electron chi connectivity index (χ2n) is 11.5. The van der Waals surface area contributed by atoms with Gasteiger partial charge in [-0.3, -0.25) is 23.9 Å². The molecular weight excluding hydrogens is 683 g/mol. The summed E-state index contributed by atoms with van der Waals surface area (Å²) in [6, 6.07) is 28.0. The van der Waals surface area contributed by atoms with Crippen molar-refractivity contribution >= 4 is 46.9 Å². The number of rotatable bonds is 13. The highest BCUT2D eigenvalue weighted by Gasteiger charge is 2.22. The minimum atomic E-state index is -0.601. The summed E-state index contributed by atoms with van der Waals surface area (Å²) >= 11 is 1.26. The van der Waals surface area contributed by atoms with E-state index < -0.39 is 17.1 Å². The molecule has 4 aromatic carbocycles. The number of hydrogen-bond donors (Lipinski definition) is 3. The first-order valence-corrected chi connectivity index (χ1v) is 17.0. The quantitative estimate of drug-likeness (QED) is 0.0988. The van der Waals surface area contributed by atoms with E-state index in [0.29, 0.717) is 50.3 Å². The number of methoxy groups -OCH3 is 3. The monoisotopic (exact) mass is 721 g/mol. The van der Waals surface area contributed by atoms with Crippen LogP contribution in [0.5, 0.6) is 17.2 Å². The second kappa shape index (κ2) is 16.7. The Bertz CT molecular complexity index is 2150. The molecule has 13 heteroatoms. The molecule has 1 atom stereocenters. The molecule has 0 aliphatic carbocycles. The number of anilines is 2. The van der Waals surface area contributed by atoms with Gasteiger partial charge in [0.25, 0.3) is 17.4 Å². The number of carbonyl (C=O) groups is 3.